The van der Waals surface area contributed by atoms with Gasteiger partial charge >= 0.3 is 0 Å². The molecule has 0 spiro atoms. The first-order chi connectivity index (χ1) is 7.72. The lowest BCUT2D eigenvalue weighted by Gasteiger charge is -2.43. The van der Waals surface area contributed by atoms with E-state index in [-0.39, 0.29) is 12.5 Å². The van der Waals surface area contributed by atoms with E-state index in [4.69, 9.17) is 10.5 Å². The fourth-order valence-electron chi connectivity index (χ4n) is 2.41. The molecule has 2 rings (SSSR count). The number of carbonyl (C=O) groups excluding carboxylic acids is 1. The zero-order valence-electron chi connectivity index (χ0n) is 9.89. The highest BCUT2D eigenvalue weighted by molar-refractivity contribution is 5.78. The number of amides is 1. The molecule has 0 aromatic carbocycles. The average Bonchev–Trinajstić information content (AvgIpc) is 2.26. The van der Waals surface area contributed by atoms with Crippen LogP contribution in [0.1, 0.15) is 12.8 Å². The van der Waals surface area contributed by atoms with Gasteiger partial charge in [0.2, 0.25) is 5.91 Å². The summed E-state index contributed by atoms with van der Waals surface area (Å²) in [5.74, 6) is 0.0769. The molecule has 0 unspecified atom stereocenters. The Labute approximate surface area is 96.5 Å². The minimum atomic E-state index is 0.0769. The van der Waals surface area contributed by atoms with Crippen molar-refractivity contribution in [1.82, 2.24) is 9.80 Å². The number of nitrogens with two attached hydrogens (primary N) is 1. The Bertz CT molecular complexity index is 248. The average molecular weight is 227 g/mol. The summed E-state index contributed by atoms with van der Waals surface area (Å²) in [6.07, 6.45) is 2.11. The lowest BCUT2D eigenvalue weighted by Crippen LogP contribution is -2.55. The van der Waals surface area contributed by atoms with Crippen LogP contribution in [-0.2, 0) is 9.53 Å². The molecule has 5 heteroatoms. The molecule has 2 aliphatic heterocycles. The predicted octanol–water partition coefficient (Wildman–Crippen LogP) is -0.733. The van der Waals surface area contributed by atoms with Crippen LogP contribution in [0.15, 0.2) is 0 Å². The summed E-state index contributed by atoms with van der Waals surface area (Å²) in [5, 5.41) is 0. The van der Waals surface area contributed by atoms with Crippen molar-refractivity contribution >= 4 is 5.91 Å². The van der Waals surface area contributed by atoms with Gasteiger partial charge < -0.3 is 15.4 Å². The Balaban J connectivity index is 1.78. The van der Waals surface area contributed by atoms with E-state index in [1.807, 2.05) is 4.90 Å². The lowest BCUT2D eigenvalue weighted by atomic mass is 10.0. The molecule has 0 aliphatic carbocycles. The normalized spacial score (nSPS) is 23.6. The lowest BCUT2D eigenvalue weighted by molar-refractivity contribution is -0.132. The molecule has 2 N–H and O–H groups in total. The van der Waals surface area contributed by atoms with E-state index < -0.39 is 0 Å². The van der Waals surface area contributed by atoms with E-state index in [0.717, 1.165) is 39.1 Å². The van der Waals surface area contributed by atoms with Crippen LogP contribution in [0, 0.1) is 0 Å². The van der Waals surface area contributed by atoms with Gasteiger partial charge in [-0.05, 0) is 19.9 Å². The second kappa shape index (κ2) is 5.12. The zero-order chi connectivity index (χ0) is 11.5. The van der Waals surface area contributed by atoms with Crippen molar-refractivity contribution in [3.8, 4) is 0 Å². The zero-order valence-corrected chi connectivity index (χ0v) is 9.89. The van der Waals surface area contributed by atoms with Crippen LogP contribution in [0.4, 0.5) is 0 Å². The minimum absolute atomic E-state index is 0.0769. The smallest absolute Gasteiger partial charge is 0.236 e. The van der Waals surface area contributed by atoms with Gasteiger partial charge in [-0.3, -0.25) is 9.69 Å². The predicted molar refractivity (Wildman–Crippen MR) is 61.0 cm³/mol. The monoisotopic (exact) mass is 227 g/mol. The number of likely N-dealkylation sites (tertiary alicyclic amines) is 1. The van der Waals surface area contributed by atoms with Gasteiger partial charge in [-0.2, -0.15) is 0 Å². The summed E-state index contributed by atoms with van der Waals surface area (Å²) >= 11 is 0. The summed E-state index contributed by atoms with van der Waals surface area (Å²) in [4.78, 5) is 15.7. The number of nitrogens with zero attached hydrogens (tertiary/aromatic N) is 2. The van der Waals surface area contributed by atoms with Crippen molar-refractivity contribution in [1.29, 1.82) is 0 Å². The Morgan fingerprint density at radius 3 is 2.44 bits per heavy atom. The molecule has 0 saturated carbocycles. The molecule has 0 aromatic rings. The third-order valence-corrected chi connectivity index (χ3v) is 3.76. The van der Waals surface area contributed by atoms with Gasteiger partial charge in [-0.25, -0.2) is 0 Å². The number of hydrogen-bond donors (Lipinski definition) is 1. The third kappa shape index (κ3) is 2.36. The van der Waals surface area contributed by atoms with Crippen LogP contribution in [0.25, 0.3) is 0 Å². The van der Waals surface area contributed by atoms with Crippen LogP contribution >= 0.6 is 0 Å². The van der Waals surface area contributed by atoms with Gasteiger partial charge in [-0.1, -0.05) is 0 Å². The highest BCUT2D eigenvalue weighted by atomic mass is 16.5. The molecule has 2 heterocycles. The van der Waals surface area contributed by atoms with Crippen molar-refractivity contribution in [2.45, 2.75) is 24.9 Å². The largest absolute Gasteiger partial charge is 0.378 e. The van der Waals surface area contributed by atoms with E-state index >= 15 is 0 Å². The summed E-state index contributed by atoms with van der Waals surface area (Å²) in [6.45, 7) is 3.55. The number of piperidine rings is 1. The molecule has 1 amide bonds. The molecule has 2 saturated heterocycles. The van der Waals surface area contributed by atoms with E-state index in [9.17, 15) is 4.79 Å². The molecule has 5 nitrogen and oxygen atoms in total. The molecule has 16 heavy (non-hydrogen) atoms. The molecule has 0 radical (unpaired) electrons. The number of likely N-dealkylation sites (N-methyl/N-ethyl adjacent to an activating group) is 1. The molecule has 0 bridgehead atoms. The topological polar surface area (TPSA) is 58.8 Å². The maximum atomic E-state index is 11.4. The van der Waals surface area contributed by atoms with Gasteiger partial charge in [0, 0.05) is 19.1 Å². The Morgan fingerprint density at radius 2 is 2.00 bits per heavy atom. The third-order valence-electron chi connectivity index (χ3n) is 3.76. The van der Waals surface area contributed by atoms with Crippen LogP contribution in [0.2, 0.25) is 0 Å². The summed E-state index contributed by atoms with van der Waals surface area (Å²) < 4.78 is 5.20. The van der Waals surface area contributed by atoms with Crippen molar-refractivity contribution in [2.75, 3.05) is 39.9 Å². The van der Waals surface area contributed by atoms with Crippen molar-refractivity contribution in [2.24, 2.45) is 5.73 Å². The van der Waals surface area contributed by atoms with Crippen LogP contribution in [-0.4, -0.2) is 67.7 Å². The second-order valence-electron chi connectivity index (χ2n) is 4.67. The minimum Gasteiger partial charge on any atom is -0.378 e. The van der Waals surface area contributed by atoms with E-state index in [1.165, 1.54) is 0 Å². The Kier molecular flexibility index (Phi) is 3.78. The van der Waals surface area contributed by atoms with Crippen molar-refractivity contribution in [3.63, 3.8) is 0 Å². The number of rotatable bonds is 3. The van der Waals surface area contributed by atoms with Crippen molar-refractivity contribution < 1.29 is 9.53 Å². The molecular formula is C11H21N3O2. The highest BCUT2D eigenvalue weighted by Gasteiger charge is 2.31. The Hall–Kier alpha value is -0.650. The van der Waals surface area contributed by atoms with Crippen LogP contribution in [0.3, 0.4) is 0 Å². The number of carbonyl (C=O) groups is 1. The van der Waals surface area contributed by atoms with E-state index in [0.29, 0.717) is 12.1 Å². The molecular weight excluding hydrogens is 206 g/mol. The van der Waals surface area contributed by atoms with Gasteiger partial charge in [0.25, 0.3) is 0 Å². The van der Waals surface area contributed by atoms with Crippen LogP contribution in [0.5, 0.6) is 0 Å². The number of ether oxygens (including phenoxy) is 1. The van der Waals surface area contributed by atoms with Crippen molar-refractivity contribution in [3.05, 3.63) is 0 Å². The highest BCUT2D eigenvalue weighted by Crippen LogP contribution is 2.20. The van der Waals surface area contributed by atoms with Gasteiger partial charge in [0.1, 0.15) is 0 Å². The fourth-order valence-corrected chi connectivity index (χ4v) is 2.41. The Morgan fingerprint density at radius 1 is 1.38 bits per heavy atom. The van der Waals surface area contributed by atoms with Gasteiger partial charge in [0.05, 0.1) is 25.8 Å². The van der Waals surface area contributed by atoms with Gasteiger partial charge in [0.15, 0.2) is 0 Å². The van der Waals surface area contributed by atoms with Gasteiger partial charge in [-0.15, -0.1) is 0 Å². The molecule has 92 valence electrons. The maximum absolute atomic E-state index is 11.4. The van der Waals surface area contributed by atoms with E-state index in [2.05, 4.69) is 11.9 Å². The summed E-state index contributed by atoms with van der Waals surface area (Å²) in [6, 6.07) is 1.18. The quantitative estimate of drug-likeness (QED) is 0.690. The maximum Gasteiger partial charge on any atom is 0.236 e. The standard InChI is InChI=1S/C11H21N3O2/c1-13(10-7-16-8-10)9-2-4-14(5-3-9)11(15)6-12/h9-10H,2-8,12H2,1H3. The molecule has 0 aromatic heterocycles. The molecule has 0 atom stereocenters. The van der Waals surface area contributed by atoms with E-state index in [1.54, 1.807) is 0 Å². The first-order valence-electron chi connectivity index (χ1n) is 6.00. The first-order valence-corrected chi connectivity index (χ1v) is 6.00. The first kappa shape index (κ1) is 11.8. The molecule has 2 fully saturated rings. The van der Waals surface area contributed by atoms with Crippen LogP contribution < -0.4 is 5.73 Å². The second-order valence-corrected chi connectivity index (χ2v) is 4.67. The fraction of sp³-hybridized carbons (Fsp3) is 0.909. The summed E-state index contributed by atoms with van der Waals surface area (Å²) in [5.41, 5.74) is 5.36. The molecule has 2 aliphatic rings. The number of hydrogen-bond acceptors (Lipinski definition) is 4. The SMILES string of the molecule is CN(C1CCN(C(=O)CN)CC1)C1COC1. The summed E-state index contributed by atoms with van der Waals surface area (Å²) in [7, 11) is 2.16.